The molecule has 0 aliphatic rings. The summed E-state index contributed by atoms with van der Waals surface area (Å²) < 4.78 is 0. The van der Waals surface area contributed by atoms with Crippen molar-refractivity contribution in [3.63, 3.8) is 0 Å². The highest BCUT2D eigenvalue weighted by molar-refractivity contribution is 7.11. The van der Waals surface area contributed by atoms with Crippen molar-refractivity contribution in [2.75, 3.05) is 13.6 Å². The highest BCUT2D eigenvalue weighted by Gasteiger charge is 2.18. The quantitative estimate of drug-likeness (QED) is 0.241. The fourth-order valence-electron chi connectivity index (χ4n) is 4.01. The van der Waals surface area contributed by atoms with Crippen LogP contribution in [0.2, 0.25) is 0 Å². The molecular weight excluding hydrogens is 472 g/mol. The molecular formula is C27H30N6O2S. The largest absolute Gasteiger partial charge is 0.359 e. The van der Waals surface area contributed by atoms with Crippen LogP contribution in [-0.2, 0) is 4.79 Å². The highest BCUT2D eigenvalue weighted by atomic mass is 32.1. The molecule has 4 aromatic rings. The van der Waals surface area contributed by atoms with Crippen molar-refractivity contribution in [2.45, 2.75) is 38.0 Å². The molecule has 9 heteroatoms. The van der Waals surface area contributed by atoms with Crippen molar-refractivity contribution in [1.29, 1.82) is 0 Å². The molecule has 36 heavy (non-hydrogen) atoms. The number of hydrogen-bond acceptors (Lipinski definition) is 6. The van der Waals surface area contributed by atoms with Gasteiger partial charge in [-0.25, -0.2) is 4.98 Å². The van der Waals surface area contributed by atoms with Crippen LogP contribution in [0.3, 0.4) is 0 Å². The average molecular weight is 503 g/mol. The maximum Gasteiger partial charge on any atom is 0.263 e. The van der Waals surface area contributed by atoms with Gasteiger partial charge in [0, 0.05) is 38.3 Å². The lowest BCUT2D eigenvalue weighted by Gasteiger charge is -2.15. The number of carbonyl (C=O) groups is 2. The lowest BCUT2D eigenvalue weighted by Crippen LogP contribution is -2.28. The summed E-state index contributed by atoms with van der Waals surface area (Å²) >= 11 is 1.32. The molecule has 1 atom stereocenters. The zero-order valence-electron chi connectivity index (χ0n) is 20.2. The minimum Gasteiger partial charge on any atom is -0.359 e. The van der Waals surface area contributed by atoms with Crippen molar-refractivity contribution in [3.05, 3.63) is 77.4 Å². The second-order valence-corrected chi connectivity index (χ2v) is 9.43. The Labute approximate surface area is 214 Å². The lowest BCUT2D eigenvalue weighted by atomic mass is 9.99. The Bertz CT molecular complexity index is 1240. The van der Waals surface area contributed by atoms with Crippen molar-refractivity contribution < 1.29 is 9.59 Å². The molecule has 0 saturated carbocycles. The summed E-state index contributed by atoms with van der Waals surface area (Å²) in [6, 6.07) is 12.3. The molecule has 0 bridgehead atoms. The van der Waals surface area contributed by atoms with Crippen LogP contribution >= 0.6 is 11.3 Å². The van der Waals surface area contributed by atoms with E-state index in [0.29, 0.717) is 17.8 Å². The zero-order valence-corrected chi connectivity index (χ0v) is 21.1. The van der Waals surface area contributed by atoms with E-state index in [-0.39, 0.29) is 17.7 Å². The lowest BCUT2D eigenvalue weighted by molar-refractivity contribution is -0.120. The number of H-pyrrole nitrogens is 1. The number of unbranched alkanes of at least 4 members (excludes halogenated alkanes) is 2. The summed E-state index contributed by atoms with van der Waals surface area (Å²) in [6.45, 7) is 0.471. The predicted molar refractivity (Wildman–Crippen MR) is 142 cm³/mol. The number of hydrogen-bond donors (Lipinski definition) is 3. The number of pyridine rings is 1. The van der Waals surface area contributed by atoms with Crippen LogP contribution in [0.5, 0.6) is 0 Å². The minimum absolute atomic E-state index is 0.0327. The number of nitrogens with one attached hydrogen (secondary N) is 3. The van der Waals surface area contributed by atoms with Crippen LogP contribution in [0.15, 0.2) is 66.7 Å². The minimum atomic E-state index is -0.125. The fourth-order valence-corrected chi connectivity index (χ4v) is 4.55. The van der Waals surface area contributed by atoms with Gasteiger partial charge in [-0.2, -0.15) is 0 Å². The van der Waals surface area contributed by atoms with Crippen LogP contribution in [0.4, 0.5) is 0 Å². The van der Waals surface area contributed by atoms with Gasteiger partial charge in [-0.1, -0.05) is 43.2 Å². The average Bonchev–Trinajstić information content (AvgIpc) is 3.64. The first kappa shape index (κ1) is 25.2. The number of aromatic amines is 1. The van der Waals surface area contributed by atoms with Gasteiger partial charge in [0.1, 0.15) is 10.7 Å². The molecule has 4 rings (SSSR count). The summed E-state index contributed by atoms with van der Waals surface area (Å²) in [6.07, 6.45) is 11.1. The number of aromatic nitrogens is 4. The van der Waals surface area contributed by atoms with Crippen molar-refractivity contribution in [3.8, 4) is 22.4 Å². The molecule has 0 fully saturated rings. The van der Waals surface area contributed by atoms with E-state index >= 15 is 0 Å². The molecule has 0 saturated heterocycles. The van der Waals surface area contributed by atoms with Gasteiger partial charge in [-0.15, -0.1) is 11.3 Å². The van der Waals surface area contributed by atoms with E-state index in [9.17, 15) is 9.59 Å². The Morgan fingerprint density at radius 1 is 0.972 bits per heavy atom. The van der Waals surface area contributed by atoms with Crippen LogP contribution in [-0.4, -0.2) is 45.3 Å². The van der Waals surface area contributed by atoms with Gasteiger partial charge in [0.15, 0.2) is 0 Å². The van der Waals surface area contributed by atoms with Gasteiger partial charge in [0.2, 0.25) is 5.91 Å². The SMILES string of the molecule is CNC(=O)CCCCCC(CNC(=O)c1cncs1)c1ncc(-c2ccc(-c3cccnc3)cc2)[nH]1. The topological polar surface area (TPSA) is 113 Å². The fraction of sp³-hybridized carbons (Fsp3) is 0.296. The molecule has 8 nitrogen and oxygen atoms in total. The molecule has 0 spiro atoms. The number of nitrogens with zero attached hydrogens (tertiary/aromatic N) is 3. The van der Waals surface area contributed by atoms with Gasteiger partial charge in [0.05, 0.1) is 23.6 Å². The summed E-state index contributed by atoms with van der Waals surface area (Å²) in [5, 5.41) is 5.69. The number of thiazole rings is 1. The normalized spacial score (nSPS) is 11.7. The first-order chi connectivity index (χ1) is 17.6. The van der Waals surface area contributed by atoms with E-state index in [0.717, 1.165) is 53.9 Å². The van der Waals surface area contributed by atoms with E-state index < -0.39 is 0 Å². The first-order valence-corrected chi connectivity index (χ1v) is 12.9. The number of benzene rings is 1. The summed E-state index contributed by atoms with van der Waals surface area (Å²) in [5.74, 6) is 0.816. The Kier molecular flexibility index (Phi) is 8.93. The zero-order chi connectivity index (χ0) is 25.2. The molecule has 1 aromatic carbocycles. The van der Waals surface area contributed by atoms with Gasteiger partial charge in [0.25, 0.3) is 5.91 Å². The molecule has 0 aliphatic carbocycles. The predicted octanol–water partition coefficient (Wildman–Crippen LogP) is 4.81. The molecule has 2 amide bonds. The third-order valence-corrected chi connectivity index (χ3v) is 6.85. The summed E-state index contributed by atoms with van der Waals surface area (Å²) in [4.78, 5) is 40.9. The summed E-state index contributed by atoms with van der Waals surface area (Å²) in [7, 11) is 1.66. The number of carbonyl (C=O) groups excluding carboxylic acids is 2. The van der Waals surface area contributed by atoms with Crippen molar-refractivity contribution in [2.24, 2.45) is 0 Å². The van der Waals surface area contributed by atoms with E-state index in [1.165, 1.54) is 11.3 Å². The monoisotopic (exact) mass is 502 g/mol. The van der Waals surface area contributed by atoms with Crippen molar-refractivity contribution in [1.82, 2.24) is 30.6 Å². The Balaban J connectivity index is 1.42. The maximum absolute atomic E-state index is 12.5. The third kappa shape index (κ3) is 6.85. The van der Waals surface area contributed by atoms with Gasteiger partial charge < -0.3 is 15.6 Å². The molecule has 3 heterocycles. The Morgan fingerprint density at radius 3 is 2.53 bits per heavy atom. The highest BCUT2D eigenvalue weighted by Crippen LogP contribution is 2.26. The molecule has 3 aromatic heterocycles. The van der Waals surface area contributed by atoms with Gasteiger partial charge in [-0.3, -0.25) is 19.6 Å². The first-order valence-electron chi connectivity index (χ1n) is 12.1. The smallest absolute Gasteiger partial charge is 0.263 e. The van der Waals surface area contributed by atoms with Crippen molar-refractivity contribution >= 4 is 23.2 Å². The van der Waals surface area contributed by atoms with E-state index in [1.54, 1.807) is 25.0 Å². The molecule has 1 unspecified atom stereocenters. The van der Waals surface area contributed by atoms with Gasteiger partial charge in [-0.05, 0) is 35.6 Å². The van der Waals surface area contributed by atoms with E-state index in [2.05, 4.69) is 54.8 Å². The van der Waals surface area contributed by atoms with E-state index in [1.807, 2.05) is 24.5 Å². The van der Waals surface area contributed by atoms with Gasteiger partial charge >= 0.3 is 0 Å². The molecule has 186 valence electrons. The molecule has 3 N–H and O–H groups in total. The second-order valence-electron chi connectivity index (χ2n) is 8.55. The summed E-state index contributed by atoms with van der Waals surface area (Å²) in [5.41, 5.74) is 5.80. The standard InChI is InChI=1S/C27H30N6O2S/c1-28-25(34)8-4-2-3-6-22(15-32-27(35)24-17-30-18-36-24)26-31-16-23(33-26)20-11-9-19(10-12-20)21-7-5-13-29-14-21/h5,7,9-14,16-18,22H,2-4,6,8,15H2,1H3,(H,28,34)(H,31,33)(H,32,35). The van der Waals surface area contributed by atoms with Crippen LogP contribution in [0, 0.1) is 0 Å². The number of imidazole rings is 1. The Hall–Kier alpha value is -3.85. The second kappa shape index (κ2) is 12.7. The number of amides is 2. The maximum atomic E-state index is 12.5. The van der Waals surface area contributed by atoms with Crippen LogP contribution in [0.25, 0.3) is 22.4 Å². The van der Waals surface area contributed by atoms with E-state index in [4.69, 9.17) is 0 Å². The third-order valence-electron chi connectivity index (χ3n) is 6.07. The number of rotatable bonds is 12. The Morgan fingerprint density at radius 2 is 1.81 bits per heavy atom. The molecule has 0 aliphatic heterocycles. The van der Waals surface area contributed by atoms with Crippen LogP contribution < -0.4 is 10.6 Å². The van der Waals surface area contributed by atoms with Crippen LogP contribution in [0.1, 0.15) is 53.5 Å². The molecule has 0 radical (unpaired) electrons.